The first-order chi connectivity index (χ1) is 34.1. The van der Waals surface area contributed by atoms with E-state index >= 15 is 0 Å². The van der Waals surface area contributed by atoms with Crippen molar-refractivity contribution in [2.75, 3.05) is 46.5 Å². The molecule has 0 unspecified atom stereocenters. The van der Waals surface area contributed by atoms with E-state index in [2.05, 4.69) is 42.2 Å². The minimum absolute atomic E-state index is 0.0898. The molecular formula is C54H39F9N4O4. The highest BCUT2D eigenvalue weighted by Gasteiger charge is 2.33. The molecule has 8 aromatic carbocycles. The lowest BCUT2D eigenvalue weighted by Gasteiger charge is -2.34. The monoisotopic (exact) mass is 978 g/mol. The van der Waals surface area contributed by atoms with Crippen LogP contribution in [0.15, 0.2) is 121 Å². The smallest absolute Gasteiger partial charge is 0.416 e. The molecule has 71 heavy (non-hydrogen) atoms. The fourth-order valence-electron chi connectivity index (χ4n) is 9.57. The lowest BCUT2D eigenvalue weighted by atomic mass is 9.99. The van der Waals surface area contributed by atoms with E-state index in [9.17, 15) is 39.5 Å². The molecule has 12 rings (SSSR count). The van der Waals surface area contributed by atoms with Gasteiger partial charge in [-0.2, -0.15) is 13.2 Å². The Morgan fingerprint density at radius 3 is 1.41 bits per heavy atom. The van der Waals surface area contributed by atoms with E-state index in [4.69, 9.17) is 18.9 Å². The van der Waals surface area contributed by atoms with Gasteiger partial charge in [-0.1, -0.05) is 54.6 Å². The van der Waals surface area contributed by atoms with Crippen LogP contribution >= 0.6 is 0 Å². The van der Waals surface area contributed by atoms with Crippen LogP contribution in [0.2, 0.25) is 0 Å². The molecule has 0 radical (unpaired) electrons. The minimum Gasteiger partial charge on any atom is -0.473 e. The van der Waals surface area contributed by atoms with Gasteiger partial charge in [-0.15, -0.1) is 0 Å². The van der Waals surface area contributed by atoms with Crippen molar-refractivity contribution in [2.45, 2.75) is 39.3 Å². The summed E-state index contributed by atoms with van der Waals surface area (Å²) in [6, 6.07) is 31.4. The van der Waals surface area contributed by atoms with E-state index < -0.39 is 52.3 Å². The quantitative estimate of drug-likeness (QED) is 0.162. The van der Waals surface area contributed by atoms with Gasteiger partial charge in [-0.05, 0) is 60.3 Å². The second-order valence-corrected chi connectivity index (χ2v) is 17.6. The van der Waals surface area contributed by atoms with Crippen molar-refractivity contribution in [3.8, 4) is 23.0 Å². The highest BCUT2D eigenvalue weighted by molar-refractivity contribution is 5.96. The number of anilines is 4. The molecule has 0 bridgehead atoms. The molecule has 0 spiro atoms. The number of hydrogen-bond acceptors (Lipinski definition) is 8. The first-order valence-electron chi connectivity index (χ1n) is 22.3. The fraction of sp³-hybridized carbons (Fsp3) is 0.185. The van der Waals surface area contributed by atoms with Crippen LogP contribution in [-0.4, -0.2) is 26.9 Å². The Labute approximate surface area is 400 Å². The van der Waals surface area contributed by atoms with Crippen molar-refractivity contribution in [1.29, 1.82) is 0 Å². The predicted molar refractivity (Wildman–Crippen MR) is 250 cm³/mol. The van der Waals surface area contributed by atoms with Crippen molar-refractivity contribution in [3.05, 3.63) is 190 Å². The highest BCUT2D eigenvalue weighted by Crippen LogP contribution is 2.44. The van der Waals surface area contributed by atoms with E-state index in [1.54, 1.807) is 35.2 Å². The molecule has 0 amide bonds. The third kappa shape index (κ3) is 8.63. The van der Waals surface area contributed by atoms with Gasteiger partial charge in [0.15, 0.2) is 50.2 Å². The van der Waals surface area contributed by atoms with Crippen molar-refractivity contribution in [1.82, 2.24) is 0 Å². The van der Waals surface area contributed by atoms with Gasteiger partial charge in [-0.25, -0.2) is 26.3 Å². The Bertz CT molecular complexity index is 3380. The summed E-state index contributed by atoms with van der Waals surface area (Å²) >= 11 is 0. The summed E-state index contributed by atoms with van der Waals surface area (Å²) in [6.07, 6.45) is -4.38. The zero-order valence-corrected chi connectivity index (χ0v) is 37.5. The number of benzene rings is 8. The standard InChI is InChI=1S/C28H23F3N2O2.C26H16F6N2O2/c1-18-4-2-6-22(12-18)32-14-19-8-10-25-24(26(19)34-16-32)11-9-20-15-33(17-35-27(20)25)23-7-3-5-21(13-23)28(29,30)31;27-16-5-19(29)24(20(30)6-16)33-9-14-2-1-13-4-23-15(3-18(13)26(14)36-12-33)10-34(11-35-23)25-21(31)7-17(28)8-22(25)32/h2-13H,14-17H2,1H3;1-8H,9-12H2. The molecule has 0 atom stereocenters. The number of nitrogens with zero attached hydrogens (tertiary/aromatic N) is 4. The molecular weight excluding hydrogens is 940 g/mol. The summed E-state index contributed by atoms with van der Waals surface area (Å²) in [5, 5.41) is 3.38. The summed E-state index contributed by atoms with van der Waals surface area (Å²) in [5.41, 5.74) is 4.65. The van der Waals surface area contributed by atoms with Crippen LogP contribution in [0, 0.1) is 41.8 Å². The van der Waals surface area contributed by atoms with Crippen LogP contribution in [0.25, 0.3) is 21.5 Å². The summed E-state index contributed by atoms with van der Waals surface area (Å²) in [7, 11) is 0. The average molecular weight is 979 g/mol. The van der Waals surface area contributed by atoms with Crippen LogP contribution in [0.4, 0.5) is 62.3 Å². The van der Waals surface area contributed by atoms with Gasteiger partial charge >= 0.3 is 6.18 Å². The topological polar surface area (TPSA) is 49.9 Å². The van der Waals surface area contributed by atoms with Gasteiger partial charge in [-0.3, -0.25) is 0 Å². The van der Waals surface area contributed by atoms with E-state index in [1.165, 1.54) is 27.5 Å². The molecule has 0 fully saturated rings. The van der Waals surface area contributed by atoms with Crippen LogP contribution in [-0.2, 0) is 32.4 Å². The Morgan fingerprint density at radius 2 is 0.873 bits per heavy atom. The fourth-order valence-corrected chi connectivity index (χ4v) is 9.57. The third-order valence-electron chi connectivity index (χ3n) is 12.9. The number of ether oxygens (including phenoxy) is 4. The van der Waals surface area contributed by atoms with Gasteiger partial charge in [0.2, 0.25) is 0 Å². The maximum absolute atomic E-state index is 14.3. The van der Waals surface area contributed by atoms with Crippen LogP contribution in [0.5, 0.6) is 23.0 Å². The summed E-state index contributed by atoms with van der Waals surface area (Å²) in [4.78, 5) is 6.64. The predicted octanol–water partition coefficient (Wildman–Crippen LogP) is 13.3. The first kappa shape index (κ1) is 45.5. The molecule has 17 heteroatoms. The third-order valence-corrected chi connectivity index (χ3v) is 12.9. The molecule has 0 saturated heterocycles. The van der Waals surface area contributed by atoms with Crippen molar-refractivity contribution in [3.63, 3.8) is 0 Å². The van der Waals surface area contributed by atoms with Crippen LogP contribution in [0.1, 0.15) is 33.4 Å². The zero-order valence-electron chi connectivity index (χ0n) is 37.5. The maximum atomic E-state index is 14.3. The van der Waals surface area contributed by atoms with Gasteiger partial charge in [0, 0.05) is 87.1 Å². The molecule has 0 saturated carbocycles. The largest absolute Gasteiger partial charge is 0.473 e. The SMILES string of the molecule is Cc1cccc(N2COc3c(ccc4c5c(ccc34)CN(c3cccc(C(F)(F)F)c3)CO5)C2)c1.Fc1cc(F)c(N2COc3cc4ccc5c(c4cc3C2)OCN(c2c(F)cc(F)cc2F)C5)c(F)c1. The Hall–Kier alpha value is -7.95. The number of hydrogen-bond donors (Lipinski definition) is 0. The number of fused-ring (bicyclic) bond motifs is 9. The van der Waals surface area contributed by atoms with Crippen molar-refractivity contribution >= 4 is 44.3 Å². The number of alkyl halides is 3. The molecule has 362 valence electrons. The van der Waals surface area contributed by atoms with Gasteiger partial charge in [0.25, 0.3) is 0 Å². The molecule has 8 nitrogen and oxygen atoms in total. The highest BCUT2D eigenvalue weighted by atomic mass is 19.4. The Morgan fingerprint density at radius 1 is 0.423 bits per heavy atom. The van der Waals surface area contributed by atoms with Crippen LogP contribution in [0.3, 0.4) is 0 Å². The Balaban J connectivity index is 0.000000154. The summed E-state index contributed by atoms with van der Waals surface area (Å²) in [6.45, 7) is 3.79. The van der Waals surface area contributed by atoms with E-state index in [-0.39, 0.29) is 39.0 Å². The molecule has 0 aromatic heterocycles. The second-order valence-electron chi connectivity index (χ2n) is 17.6. The van der Waals surface area contributed by atoms with Crippen molar-refractivity contribution < 1.29 is 58.5 Å². The van der Waals surface area contributed by atoms with E-state index in [0.717, 1.165) is 57.1 Å². The number of aryl methyl sites for hydroxylation is 1. The van der Waals surface area contributed by atoms with E-state index in [0.29, 0.717) is 71.2 Å². The molecule has 4 aliphatic rings. The Kier molecular flexibility index (Phi) is 11.4. The summed E-state index contributed by atoms with van der Waals surface area (Å²) < 4.78 is 147. The molecule has 0 aliphatic carbocycles. The van der Waals surface area contributed by atoms with Gasteiger partial charge < -0.3 is 38.5 Å². The normalized spacial score (nSPS) is 15.1. The second kappa shape index (κ2) is 17.8. The van der Waals surface area contributed by atoms with Gasteiger partial charge in [0.1, 0.15) is 46.0 Å². The average Bonchev–Trinajstić information content (AvgIpc) is 3.34. The summed E-state index contributed by atoms with van der Waals surface area (Å²) in [5.74, 6) is -3.55. The lowest BCUT2D eigenvalue weighted by Crippen LogP contribution is -2.34. The first-order valence-corrected chi connectivity index (χ1v) is 22.3. The molecule has 4 aliphatic heterocycles. The molecule has 4 heterocycles. The minimum atomic E-state index is -4.38. The van der Waals surface area contributed by atoms with Crippen molar-refractivity contribution in [2.24, 2.45) is 0 Å². The lowest BCUT2D eigenvalue weighted by molar-refractivity contribution is -0.137. The number of rotatable bonds is 4. The van der Waals surface area contributed by atoms with E-state index in [1.807, 2.05) is 18.2 Å². The molecule has 8 aromatic rings. The van der Waals surface area contributed by atoms with Crippen LogP contribution < -0.4 is 38.5 Å². The van der Waals surface area contributed by atoms with Gasteiger partial charge in [0.05, 0.1) is 18.7 Å². The zero-order chi connectivity index (χ0) is 49.3. The molecule has 0 N–H and O–H groups in total. The maximum Gasteiger partial charge on any atom is 0.416 e. The number of halogens is 9.